The number of carbonyl (C=O) groups excluding carboxylic acids is 1. The van der Waals surface area contributed by atoms with Gasteiger partial charge in [-0.1, -0.05) is 36.7 Å². The van der Waals surface area contributed by atoms with Crippen LogP contribution in [0.3, 0.4) is 0 Å². The van der Waals surface area contributed by atoms with Gasteiger partial charge in [0, 0.05) is 23.4 Å². The van der Waals surface area contributed by atoms with Gasteiger partial charge in [0.25, 0.3) is 0 Å². The molecule has 14 heavy (non-hydrogen) atoms. The maximum absolute atomic E-state index is 11.2. The summed E-state index contributed by atoms with van der Waals surface area (Å²) in [5.74, 6) is 0.104. The van der Waals surface area contributed by atoms with Gasteiger partial charge in [-0.25, -0.2) is 0 Å². The van der Waals surface area contributed by atoms with Crippen LogP contribution in [0.2, 0.25) is 5.02 Å². The molecule has 2 nitrogen and oxygen atoms in total. The van der Waals surface area contributed by atoms with E-state index in [9.17, 15) is 4.79 Å². The van der Waals surface area contributed by atoms with E-state index in [2.05, 4.69) is 12.2 Å². The molecule has 0 aliphatic carbocycles. The summed E-state index contributed by atoms with van der Waals surface area (Å²) in [7, 11) is 0. The van der Waals surface area contributed by atoms with Gasteiger partial charge >= 0.3 is 0 Å². The van der Waals surface area contributed by atoms with Crippen LogP contribution in [0.1, 0.15) is 18.9 Å². The van der Waals surface area contributed by atoms with Crippen molar-refractivity contribution >= 4 is 17.5 Å². The molecule has 1 fully saturated rings. The first-order chi connectivity index (χ1) is 6.62. The van der Waals surface area contributed by atoms with Crippen LogP contribution < -0.4 is 5.32 Å². The maximum Gasteiger partial charge on any atom is 0.220 e. The number of amides is 1. The summed E-state index contributed by atoms with van der Waals surface area (Å²) in [5.41, 5.74) is 0.912. The lowest BCUT2D eigenvalue weighted by Gasteiger charge is -2.22. The molecule has 2 rings (SSSR count). The van der Waals surface area contributed by atoms with Crippen LogP contribution >= 0.6 is 11.6 Å². The van der Waals surface area contributed by atoms with E-state index in [1.807, 2.05) is 24.3 Å². The SMILES string of the molecule is CC1(c2ccccc2Cl)CNC(=O)C1. The Morgan fingerprint density at radius 1 is 1.43 bits per heavy atom. The minimum absolute atomic E-state index is 0.104. The molecule has 0 bridgehead atoms. The second-order valence-corrected chi connectivity index (χ2v) is 4.40. The van der Waals surface area contributed by atoms with Crippen LogP contribution in [-0.4, -0.2) is 12.5 Å². The molecular formula is C11H12ClNO. The van der Waals surface area contributed by atoms with Crippen LogP contribution in [0, 0.1) is 0 Å². The van der Waals surface area contributed by atoms with E-state index in [4.69, 9.17) is 11.6 Å². The van der Waals surface area contributed by atoms with Crippen molar-refractivity contribution in [2.24, 2.45) is 0 Å². The predicted octanol–water partition coefficient (Wildman–Crippen LogP) is 2.12. The Balaban J connectivity index is 2.40. The second-order valence-electron chi connectivity index (χ2n) is 3.99. The zero-order valence-electron chi connectivity index (χ0n) is 8.01. The molecule has 1 unspecified atom stereocenters. The van der Waals surface area contributed by atoms with E-state index >= 15 is 0 Å². The van der Waals surface area contributed by atoms with Crippen molar-refractivity contribution in [1.29, 1.82) is 0 Å². The van der Waals surface area contributed by atoms with E-state index < -0.39 is 0 Å². The highest BCUT2D eigenvalue weighted by Crippen LogP contribution is 2.34. The third-order valence-electron chi connectivity index (χ3n) is 2.75. The van der Waals surface area contributed by atoms with Gasteiger partial charge < -0.3 is 5.32 Å². The number of benzene rings is 1. The molecule has 74 valence electrons. The Labute approximate surface area is 88.3 Å². The Kier molecular flexibility index (Phi) is 2.23. The predicted molar refractivity (Wildman–Crippen MR) is 56.4 cm³/mol. The fourth-order valence-electron chi connectivity index (χ4n) is 1.91. The lowest BCUT2D eigenvalue weighted by molar-refractivity contribution is -0.119. The van der Waals surface area contributed by atoms with Crippen LogP contribution in [0.5, 0.6) is 0 Å². The highest BCUT2D eigenvalue weighted by molar-refractivity contribution is 6.31. The first-order valence-corrected chi connectivity index (χ1v) is 5.01. The van der Waals surface area contributed by atoms with Crippen molar-refractivity contribution in [2.45, 2.75) is 18.8 Å². The maximum atomic E-state index is 11.2. The van der Waals surface area contributed by atoms with E-state index in [1.54, 1.807) is 0 Å². The molecule has 1 aliphatic rings. The summed E-state index contributed by atoms with van der Waals surface area (Å²) in [4.78, 5) is 11.2. The lowest BCUT2D eigenvalue weighted by atomic mass is 9.82. The van der Waals surface area contributed by atoms with Crippen LogP contribution in [-0.2, 0) is 10.2 Å². The summed E-state index contributed by atoms with van der Waals surface area (Å²) < 4.78 is 0. The van der Waals surface area contributed by atoms with Gasteiger partial charge in [0.1, 0.15) is 0 Å². The fourth-order valence-corrected chi connectivity index (χ4v) is 2.28. The molecule has 1 saturated heterocycles. The smallest absolute Gasteiger partial charge is 0.220 e. The first kappa shape index (κ1) is 9.53. The quantitative estimate of drug-likeness (QED) is 0.754. The fraction of sp³-hybridized carbons (Fsp3) is 0.364. The average Bonchev–Trinajstić information content (AvgIpc) is 2.48. The number of rotatable bonds is 1. The van der Waals surface area contributed by atoms with Gasteiger partial charge in [-0.05, 0) is 11.6 Å². The Hall–Kier alpha value is -1.02. The summed E-state index contributed by atoms with van der Waals surface area (Å²) in [6, 6.07) is 7.71. The number of carbonyl (C=O) groups is 1. The normalized spacial score (nSPS) is 26.3. The van der Waals surface area contributed by atoms with Crippen LogP contribution in [0.15, 0.2) is 24.3 Å². The van der Waals surface area contributed by atoms with Gasteiger partial charge in [0.05, 0.1) is 0 Å². The molecule has 1 aromatic carbocycles. The third-order valence-corrected chi connectivity index (χ3v) is 3.08. The lowest BCUT2D eigenvalue weighted by Crippen LogP contribution is -2.25. The van der Waals surface area contributed by atoms with Gasteiger partial charge in [-0.15, -0.1) is 0 Å². The molecule has 1 aromatic rings. The van der Waals surface area contributed by atoms with Crippen molar-refractivity contribution in [1.82, 2.24) is 5.32 Å². The van der Waals surface area contributed by atoms with E-state index in [0.29, 0.717) is 13.0 Å². The van der Waals surface area contributed by atoms with Crippen LogP contribution in [0.4, 0.5) is 0 Å². The minimum Gasteiger partial charge on any atom is -0.355 e. The van der Waals surface area contributed by atoms with E-state index in [1.165, 1.54) is 0 Å². The standard InChI is InChI=1S/C11H12ClNO/c1-11(6-10(14)13-7-11)8-4-2-3-5-9(8)12/h2-5H,6-7H2,1H3,(H,13,14). The van der Waals surface area contributed by atoms with Gasteiger partial charge in [0.2, 0.25) is 5.91 Å². The third kappa shape index (κ3) is 1.50. The van der Waals surface area contributed by atoms with E-state index in [0.717, 1.165) is 10.6 Å². The summed E-state index contributed by atoms with van der Waals surface area (Å²) in [5, 5.41) is 3.58. The van der Waals surface area contributed by atoms with Gasteiger partial charge in [0.15, 0.2) is 0 Å². The largest absolute Gasteiger partial charge is 0.355 e. The van der Waals surface area contributed by atoms with E-state index in [-0.39, 0.29) is 11.3 Å². The average molecular weight is 210 g/mol. The number of halogens is 1. The molecule has 1 atom stereocenters. The zero-order valence-corrected chi connectivity index (χ0v) is 8.77. The minimum atomic E-state index is -0.143. The molecule has 1 heterocycles. The Morgan fingerprint density at radius 2 is 2.14 bits per heavy atom. The topological polar surface area (TPSA) is 29.1 Å². The Bertz CT molecular complexity index is 377. The molecule has 1 aliphatic heterocycles. The number of nitrogens with one attached hydrogen (secondary N) is 1. The summed E-state index contributed by atoms with van der Waals surface area (Å²) in [6.07, 6.45) is 0.525. The summed E-state index contributed by atoms with van der Waals surface area (Å²) in [6.45, 7) is 2.74. The first-order valence-electron chi connectivity index (χ1n) is 4.63. The van der Waals surface area contributed by atoms with Crippen molar-refractivity contribution in [2.75, 3.05) is 6.54 Å². The zero-order chi connectivity index (χ0) is 10.2. The van der Waals surface area contributed by atoms with Crippen LogP contribution in [0.25, 0.3) is 0 Å². The second kappa shape index (κ2) is 3.28. The van der Waals surface area contributed by atoms with Gasteiger partial charge in [-0.3, -0.25) is 4.79 Å². The molecule has 0 aromatic heterocycles. The molecule has 3 heteroatoms. The molecule has 0 spiro atoms. The van der Waals surface area contributed by atoms with Crippen molar-refractivity contribution in [3.63, 3.8) is 0 Å². The Morgan fingerprint density at radius 3 is 2.71 bits per heavy atom. The number of hydrogen-bond donors (Lipinski definition) is 1. The van der Waals surface area contributed by atoms with Gasteiger partial charge in [-0.2, -0.15) is 0 Å². The molecular weight excluding hydrogens is 198 g/mol. The van der Waals surface area contributed by atoms with Crippen molar-refractivity contribution in [3.8, 4) is 0 Å². The number of hydrogen-bond acceptors (Lipinski definition) is 1. The highest BCUT2D eigenvalue weighted by atomic mass is 35.5. The molecule has 0 saturated carbocycles. The molecule has 0 radical (unpaired) electrons. The molecule has 1 N–H and O–H groups in total. The monoisotopic (exact) mass is 209 g/mol. The van der Waals surface area contributed by atoms with Crippen molar-refractivity contribution in [3.05, 3.63) is 34.9 Å². The summed E-state index contributed by atoms with van der Waals surface area (Å²) >= 11 is 6.10. The highest BCUT2D eigenvalue weighted by Gasteiger charge is 2.36. The van der Waals surface area contributed by atoms with Crippen molar-refractivity contribution < 1.29 is 4.79 Å². The molecule has 1 amide bonds.